The highest BCUT2D eigenvalue weighted by atomic mass is 32.1. The third kappa shape index (κ3) is 2.12. The van der Waals surface area contributed by atoms with E-state index < -0.39 is 0 Å². The standard InChI is InChI=1S/C27H26NOS/c1-14-20-7-9-30-27(20)15(2)26-23(14)25-24-18(6-8-28(25)3)12-19(13-22(24)29-26)21-11-16-4-5-17(21)10-16/h6-9,12-13,16-17,21H,4-5,10-11H2,1-3H3/q+1. The summed E-state index contributed by atoms with van der Waals surface area (Å²) in [6, 6.07) is 9.39. The summed E-state index contributed by atoms with van der Waals surface area (Å²) in [6.45, 7) is 4.48. The van der Waals surface area contributed by atoms with Crippen molar-refractivity contribution in [2.75, 3.05) is 0 Å². The summed E-state index contributed by atoms with van der Waals surface area (Å²) in [4.78, 5) is 0. The van der Waals surface area contributed by atoms with Crippen LogP contribution in [0.2, 0.25) is 0 Å². The van der Waals surface area contributed by atoms with Crippen molar-refractivity contribution in [3.63, 3.8) is 0 Å². The van der Waals surface area contributed by atoms with Crippen LogP contribution in [0.15, 0.2) is 35.8 Å². The van der Waals surface area contributed by atoms with Gasteiger partial charge in [-0.25, -0.2) is 4.57 Å². The van der Waals surface area contributed by atoms with E-state index in [0.717, 1.165) is 29.3 Å². The molecule has 3 heterocycles. The summed E-state index contributed by atoms with van der Waals surface area (Å²) in [5.74, 6) is 4.67. The van der Waals surface area contributed by atoms with Gasteiger partial charge in [-0.3, -0.25) is 0 Å². The summed E-state index contributed by atoms with van der Waals surface area (Å²) in [5.41, 5.74) is 6.68. The van der Waals surface area contributed by atoms with Crippen molar-refractivity contribution >= 4 is 32.2 Å². The van der Waals surface area contributed by atoms with Crippen molar-refractivity contribution in [2.24, 2.45) is 18.9 Å². The van der Waals surface area contributed by atoms with Gasteiger partial charge in [0, 0.05) is 16.3 Å². The Balaban J connectivity index is 1.53. The molecule has 0 N–H and O–H groups in total. The van der Waals surface area contributed by atoms with Gasteiger partial charge in [-0.15, -0.1) is 11.3 Å². The van der Waals surface area contributed by atoms with Crippen LogP contribution in [0.4, 0.5) is 0 Å². The van der Waals surface area contributed by atoms with Crippen molar-refractivity contribution < 1.29 is 9.30 Å². The van der Waals surface area contributed by atoms with E-state index in [2.05, 4.69) is 61.3 Å². The minimum Gasteiger partial charge on any atom is -0.455 e. The minimum absolute atomic E-state index is 0.717. The molecule has 2 aromatic heterocycles. The van der Waals surface area contributed by atoms with Gasteiger partial charge in [0.05, 0.1) is 10.9 Å². The average Bonchev–Trinajstić information content (AvgIpc) is 3.50. The maximum Gasteiger partial charge on any atom is 0.228 e. The number of aromatic nitrogens is 1. The third-order valence-corrected chi connectivity index (χ3v) is 9.22. The highest BCUT2D eigenvalue weighted by molar-refractivity contribution is 7.17. The molecule has 3 heteroatoms. The summed E-state index contributed by atoms with van der Waals surface area (Å²) >= 11 is 1.82. The van der Waals surface area contributed by atoms with Crippen LogP contribution < -0.4 is 9.30 Å². The van der Waals surface area contributed by atoms with Gasteiger partial charge in [-0.05, 0) is 90.3 Å². The quantitative estimate of drug-likeness (QED) is 0.266. The predicted molar refractivity (Wildman–Crippen MR) is 124 cm³/mol. The van der Waals surface area contributed by atoms with E-state index in [1.165, 1.54) is 74.5 Å². The van der Waals surface area contributed by atoms with Crippen LogP contribution in [-0.4, -0.2) is 0 Å². The molecule has 0 spiro atoms. The lowest BCUT2D eigenvalue weighted by Gasteiger charge is -2.26. The van der Waals surface area contributed by atoms with Gasteiger partial charge in [0.25, 0.3) is 0 Å². The molecule has 2 fully saturated rings. The van der Waals surface area contributed by atoms with E-state index in [1.54, 1.807) is 0 Å². The smallest absolute Gasteiger partial charge is 0.228 e. The third-order valence-electron chi connectivity index (χ3n) is 8.19. The molecule has 1 aliphatic heterocycles. The Hall–Kier alpha value is -2.39. The van der Waals surface area contributed by atoms with Gasteiger partial charge in [0.15, 0.2) is 6.20 Å². The number of rotatable bonds is 1. The number of hydrogen-bond acceptors (Lipinski definition) is 2. The van der Waals surface area contributed by atoms with Crippen molar-refractivity contribution in [3.05, 3.63) is 52.5 Å². The number of benzene rings is 2. The van der Waals surface area contributed by atoms with E-state index in [9.17, 15) is 0 Å². The lowest BCUT2D eigenvalue weighted by molar-refractivity contribution is -0.659. The average molecular weight is 413 g/mol. The molecule has 2 saturated carbocycles. The Kier molecular flexibility index (Phi) is 3.38. The van der Waals surface area contributed by atoms with Crippen LogP contribution in [0.1, 0.15) is 48.3 Å². The van der Waals surface area contributed by atoms with Gasteiger partial charge >= 0.3 is 0 Å². The first-order valence-electron chi connectivity index (χ1n) is 11.2. The molecule has 7 rings (SSSR count). The Morgan fingerprint density at radius 3 is 2.77 bits per heavy atom. The van der Waals surface area contributed by atoms with Crippen LogP contribution in [0.5, 0.6) is 11.5 Å². The second-order valence-corrected chi connectivity index (χ2v) is 10.7. The lowest BCUT2D eigenvalue weighted by atomic mass is 9.82. The van der Waals surface area contributed by atoms with Crippen LogP contribution in [0, 0.1) is 25.7 Å². The first-order valence-corrected chi connectivity index (χ1v) is 12.1. The molecule has 3 atom stereocenters. The van der Waals surface area contributed by atoms with E-state index in [4.69, 9.17) is 4.74 Å². The summed E-state index contributed by atoms with van der Waals surface area (Å²) in [7, 11) is 2.17. The van der Waals surface area contributed by atoms with Crippen molar-refractivity contribution in [3.8, 4) is 22.8 Å². The molecule has 0 radical (unpaired) electrons. The predicted octanol–water partition coefficient (Wildman–Crippen LogP) is 7.17. The molecular formula is C27H26NOS+. The molecule has 4 aromatic rings. The zero-order chi connectivity index (χ0) is 20.1. The van der Waals surface area contributed by atoms with Crippen LogP contribution >= 0.6 is 11.3 Å². The fourth-order valence-electron chi connectivity index (χ4n) is 6.75. The molecule has 0 saturated heterocycles. The van der Waals surface area contributed by atoms with Crippen molar-refractivity contribution in [2.45, 2.75) is 45.4 Å². The largest absolute Gasteiger partial charge is 0.455 e. The molecule has 2 nitrogen and oxygen atoms in total. The topological polar surface area (TPSA) is 13.1 Å². The fourth-order valence-corrected chi connectivity index (χ4v) is 7.71. The normalized spacial score (nSPS) is 23.9. The summed E-state index contributed by atoms with van der Waals surface area (Å²) in [5, 5.41) is 6.17. The second kappa shape index (κ2) is 5.85. The molecular weight excluding hydrogens is 386 g/mol. The van der Waals surface area contributed by atoms with Crippen LogP contribution in [-0.2, 0) is 7.05 Å². The maximum atomic E-state index is 6.77. The highest BCUT2D eigenvalue weighted by Gasteiger charge is 2.41. The Morgan fingerprint density at radius 2 is 1.97 bits per heavy atom. The van der Waals surface area contributed by atoms with Crippen LogP contribution in [0.25, 0.3) is 32.1 Å². The van der Waals surface area contributed by atoms with E-state index in [-0.39, 0.29) is 0 Å². The van der Waals surface area contributed by atoms with Gasteiger partial charge in [-0.1, -0.05) is 12.5 Å². The first kappa shape index (κ1) is 17.3. The number of aryl methyl sites for hydroxylation is 3. The number of fused-ring (bicyclic) bond motifs is 5. The van der Waals surface area contributed by atoms with Gasteiger partial charge in [0.1, 0.15) is 18.5 Å². The molecule has 150 valence electrons. The van der Waals surface area contributed by atoms with E-state index in [1.807, 2.05) is 11.3 Å². The number of ether oxygens (including phenoxy) is 1. The monoisotopic (exact) mass is 412 g/mol. The van der Waals surface area contributed by atoms with Crippen molar-refractivity contribution in [1.29, 1.82) is 0 Å². The number of hydrogen-bond donors (Lipinski definition) is 0. The Bertz CT molecular complexity index is 1380. The molecule has 2 aliphatic carbocycles. The number of nitrogens with zero attached hydrogens (tertiary/aromatic N) is 1. The zero-order valence-electron chi connectivity index (χ0n) is 17.8. The van der Waals surface area contributed by atoms with Gasteiger partial charge in [-0.2, -0.15) is 0 Å². The fraction of sp³-hybridized carbons (Fsp3) is 0.370. The molecule has 3 aliphatic rings. The number of pyridine rings is 1. The zero-order valence-corrected chi connectivity index (χ0v) is 18.6. The summed E-state index contributed by atoms with van der Waals surface area (Å²) in [6.07, 6.45) is 7.89. The molecule has 3 unspecified atom stereocenters. The molecule has 30 heavy (non-hydrogen) atoms. The lowest BCUT2D eigenvalue weighted by Crippen LogP contribution is -2.32. The summed E-state index contributed by atoms with van der Waals surface area (Å²) < 4.78 is 10.4. The van der Waals surface area contributed by atoms with Crippen LogP contribution in [0.3, 0.4) is 0 Å². The molecule has 0 amide bonds. The van der Waals surface area contributed by atoms with Gasteiger partial charge in [0.2, 0.25) is 5.69 Å². The first-order chi connectivity index (χ1) is 14.6. The Labute approximate surface area is 181 Å². The second-order valence-electron chi connectivity index (χ2n) is 9.76. The minimum atomic E-state index is 0.717. The Morgan fingerprint density at radius 1 is 1.07 bits per heavy atom. The van der Waals surface area contributed by atoms with E-state index >= 15 is 0 Å². The SMILES string of the molecule is Cc1c2c(c(C)c3sccc13)Oc1cc(C3CC4CCC3C4)cc3cc[n+](C)c-2c13. The number of thiophene rings is 1. The van der Waals surface area contributed by atoms with E-state index in [0.29, 0.717) is 0 Å². The maximum absolute atomic E-state index is 6.77. The van der Waals surface area contributed by atoms with Gasteiger partial charge < -0.3 is 4.74 Å². The van der Waals surface area contributed by atoms with Crippen molar-refractivity contribution in [1.82, 2.24) is 0 Å². The molecule has 2 bridgehead atoms. The highest BCUT2D eigenvalue weighted by Crippen LogP contribution is 2.56. The molecule has 2 aromatic carbocycles.